The Morgan fingerprint density at radius 2 is 0.132 bits per heavy atom. The molecular formula is H41Na29O18Si6. The summed E-state index contributed by atoms with van der Waals surface area (Å²) in [6.07, 6.45) is 0. The van der Waals surface area contributed by atoms with E-state index in [0.29, 0.717) is 0 Å². The van der Waals surface area contributed by atoms with Gasteiger partial charge in [0, 0.05) is 0 Å². The maximum atomic E-state index is 8.74. The molecule has 53 heavy (non-hydrogen) atoms. The minimum absolute atomic E-state index is 0. The first-order chi connectivity index (χ1) is 10.4. The topological polar surface area (TPSA) is 345 Å². The van der Waals surface area contributed by atoms with E-state index in [4.69, 9.17) is 84.3 Å². The van der Waals surface area contributed by atoms with Crippen molar-refractivity contribution in [3.63, 3.8) is 0 Å². The van der Waals surface area contributed by atoms with Crippen LogP contribution in [-0.4, -0.2) is 970 Å². The average Bonchev–Trinajstić information content (AvgIpc) is 2.08. The van der Waals surface area contributed by atoms with E-state index in [9.17, 15) is 0 Å². The van der Waals surface area contributed by atoms with E-state index in [1.165, 1.54) is 0 Å². The molecule has 0 aromatic carbocycles. The number of rotatable bonds is 0. The molecule has 0 rings (SSSR count). The van der Waals surface area contributed by atoms with Crippen LogP contribution in [0.3, 0.4) is 0 Å². The normalized spacial score (nSPS) is 2.72. The molecule has 0 unspecified atom stereocenters. The van der Waals surface area contributed by atoms with Gasteiger partial charge in [0.2, 0.25) is 0 Å². The molecule has 0 spiro atoms. The van der Waals surface area contributed by atoms with E-state index in [-0.39, 0.29) is 857 Å². The van der Waals surface area contributed by atoms with Crippen LogP contribution in [0, 0.1) is 0 Å². The minimum atomic E-state index is -3.13. The molecule has 12 N–H and O–H groups in total. The first-order valence-electron chi connectivity index (χ1n) is 3.91. The van der Waals surface area contributed by atoms with Crippen LogP contribution in [0.15, 0.2) is 0 Å². The van der Waals surface area contributed by atoms with Gasteiger partial charge in [0.05, 0.1) is 0 Å². The molecule has 0 aliphatic heterocycles. The molecule has 0 saturated heterocycles. The van der Waals surface area contributed by atoms with Crippen molar-refractivity contribution in [3.8, 4) is 0 Å². The third-order valence-electron chi connectivity index (χ3n) is 0. The fraction of sp³-hybridized carbons (Fsp3) is 0. The maximum absolute atomic E-state index is 8.74. The fourth-order valence-corrected chi connectivity index (χ4v) is 0. The molecule has 0 fully saturated rings. The van der Waals surface area contributed by atoms with Crippen molar-refractivity contribution in [1.29, 1.82) is 0 Å². The van der Waals surface area contributed by atoms with E-state index >= 15 is 0 Å². The summed E-state index contributed by atoms with van der Waals surface area (Å²) in [5.41, 5.74) is 0. The van der Waals surface area contributed by atoms with Crippen molar-refractivity contribution in [1.82, 2.24) is 0 Å². The Balaban J connectivity index is -0.00000000200. The van der Waals surface area contributed by atoms with Crippen LogP contribution in [-0.2, 0) is 26.8 Å². The average molecular weight is 1160 g/mol. The molecule has 0 aliphatic carbocycles. The van der Waals surface area contributed by atoms with Gasteiger partial charge in [-0.25, -0.2) is 0 Å². The molecule has 0 saturated carbocycles. The molecule has 0 aromatic heterocycles. The second-order valence-corrected chi connectivity index (χ2v) is 5.09. The molecule has 0 bridgehead atoms. The number of hydrogen-bond donors (Lipinski definition) is 12. The zero-order valence-corrected chi connectivity index (χ0v) is 16.8. The summed E-state index contributed by atoms with van der Waals surface area (Å²) in [6.45, 7) is 0. The van der Waals surface area contributed by atoms with Crippen molar-refractivity contribution in [3.05, 3.63) is 0 Å². The van der Waals surface area contributed by atoms with E-state index in [2.05, 4.69) is 0 Å². The summed E-state index contributed by atoms with van der Waals surface area (Å²) in [4.78, 5) is 85.9. The van der Waals surface area contributed by atoms with Gasteiger partial charge in [0.1, 0.15) is 0 Å². The third kappa shape index (κ3) is 649. The van der Waals surface area contributed by atoms with Crippen LogP contribution in [0.4, 0.5) is 0 Å². The van der Waals surface area contributed by atoms with Gasteiger partial charge in [0.25, 0.3) is 0 Å². The van der Waals surface area contributed by atoms with Crippen LogP contribution in [0.25, 0.3) is 0 Å². The van der Waals surface area contributed by atoms with Gasteiger partial charge in [-0.15, -0.1) is 0 Å². The van der Waals surface area contributed by atoms with Gasteiger partial charge in [-0.3, -0.25) is 26.8 Å². The standard InChI is InChI=1S/29Na.6H2O3Si.29H/c;;;;;;;;;;;;;;;;;;;;;;;;;;;;;6*1-4(2)3;;;;;;;;;;;;;;;;;;;;;;;;;;;;;/h;;;;;;;;;;;;;;;;;;;;;;;;;;;;;6*1-2H;;;;;;;;;;;;;;;;;;;;;;;;;;;;;. The molecule has 0 atom stereocenters. The SMILES string of the molecule is O=[Si](O)O.O=[Si](O)O.O=[Si](O)O.O=[Si](O)O.O=[Si](O)O.O=[Si](O)O.[NaH].[NaH].[NaH].[NaH].[NaH].[NaH].[NaH].[NaH].[NaH].[NaH].[NaH].[NaH].[NaH].[NaH].[NaH].[NaH].[NaH].[NaH].[NaH].[NaH].[NaH].[NaH].[NaH].[NaH].[NaH].[NaH].[NaH].[NaH].[NaH]. The zero-order chi connectivity index (χ0) is 21.5. The summed E-state index contributed by atoms with van der Waals surface area (Å²) in [7, 11) is -18.8. The molecule has 0 aliphatic rings. The van der Waals surface area contributed by atoms with Gasteiger partial charge in [0.15, 0.2) is 0 Å². The molecule has 53 heteroatoms. The summed E-state index contributed by atoms with van der Waals surface area (Å²) < 4.78 is 52.4. The molecule has 0 radical (unpaired) electrons. The van der Waals surface area contributed by atoms with E-state index in [1.54, 1.807) is 0 Å². The van der Waals surface area contributed by atoms with Crippen molar-refractivity contribution in [2.75, 3.05) is 0 Å². The first kappa shape index (κ1) is 247. The van der Waals surface area contributed by atoms with Crippen LogP contribution < -0.4 is 0 Å². The second kappa shape index (κ2) is 238. The quantitative estimate of drug-likeness (QED) is 0.100. The second-order valence-electron chi connectivity index (χ2n) is 1.70. The van der Waals surface area contributed by atoms with E-state index in [1.807, 2.05) is 0 Å². The van der Waals surface area contributed by atoms with Crippen LogP contribution in [0.5, 0.6) is 0 Å². The molecular weight excluding hydrogens is 1120 g/mol. The van der Waals surface area contributed by atoms with Crippen LogP contribution in [0.1, 0.15) is 0 Å². The van der Waals surface area contributed by atoms with Crippen molar-refractivity contribution >= 4 is 912 Å². The predicted molar refractivity (Wildman–Crippen MR) is 273 cm³/mol. The Labute approximate surface area is 964 Å². The summed E-state index contributed by atoms with van der Waals surface area (Å²) in [5, 5.41) is 0. The van der Waals surface area contributed by atoms with E-state index < -0.39 is 55.0 Å². The first-order valence-corrected chi connectivity index (χ1v) is 11.7. The van der Waals surface area contributed by atoms with Crippen LogP contribution in [0.2, 0.25) is 0 Å². The van der Waals surface area contributed by atoms with Gasteiger partial charge < -0.3 is 57.5 Å². The van der Waals surface area contributed by atoms with Gasteiger partial charge in [-0.1, -0.05) is 0 Å². The molecule has 18 nitrogen and oxygen atoms in total. The summed E-state index contributed by atoms with van der Waals surface area (Å²) in [6, 6.07) is 0. The van der Waals surface area contributed by atoms with Crippen molar-refractivity contribution in [2.45, 2.75) is 0 Å². The zero-order valence-electron chi connectivity index (χ0n) is 10.8. The fourth-order valence-electron chi connectivity index (χ4n) is 0. The van der Waals surface area contributed by atoms with Crippen molar-refractivity contribution in [2.24, 2.45) is 0 Å². The Bertz CT molecular complexity index is 303. The van der Waals surface area contributed by atoms with E-state index in [0.717, 1.165) is 0 Å². The van der Waals surface area contributed by atoms with Gasteiger partial charge in [-0.2, -0.15) is 0 Å². The van der Waals surface area contributed by atoms with Gasteiger partial charge in [-0.05, 0) is 0 Å². The third-order valence-corrected chi connectivity index (χ3v) is 0. The van der Waals surface area contributed by atoms with Crippen molar-refractivity contribution < 1.29 is 84.3 Å². The monoisotopic (exact) mass is 1160 g/mol. The molecule has 202 valence electrons. The Morgan fingerprint density at radius 3 is 0.132 bits per heavy atom. The molecule has 0 amide bonds. The summed E-state index contributed by atoms with van der Waals surface area (Å²) >= 11 is 0. The Hall–Kier alpha value is 26.7. The predicted octanol–water partition coefficient (Wildman–Crippen LogP) is -28.5. The Kier molecular flexibility index (Phi) is 1110. The molecule has 0 aromatic rings. The van der Waals surface area contributed by atoms with Gasteiger partial charge >= 0.3 is 912 Å². The van der Waals surface area contributed by atoms with Crippen LogP contribution >= 0.6 is 0 Å². The Morgan fingerprint density at radius 1 is 0.132 bits per heavy atom. The molecule has 0 heterocycles. The number of hydrogen-bond acceptors (Lipinski definition) is 6. The summed E-state index contributed by atoms with van der Waals surface area (Å²) in [5.74, 6) is 0.